The Hall–Kier alpha value is -1.82. The topological polar surface area (TPSA) is 67.8 Å². The van der Waals surface area contributed by atoms with Gasteiger partial charge in [-0.3, -0.25) is 9.59 Å². The molecule has 23 heavy (non-hydrogen) atoms. The second-order valence-electron chi connectivity index (χ2n) is 5.31. The summed E-state index contributed by atoms with van der Waals surface area (Å²) < 4.78 is 5.04. The summed E-state index contributed by atoms with van der Waals surface area (Å²) >= 11 is 1.54. The fourth-order valence-corrected chi connectivity index (χ4v) is 3.24. The molecule has 1 aromatic rings. The number of rotatable bonds is 7. The lowest BCUT2D eigenvalue weighted by molar-refractivity contribution is -0.145. The molecule has 1 aliphatic rings. The maximum Gasteiger partial charge on any atom is 0.314 e. The van der Waals surface area contributed by atoms with Crippen molar-refractivity contribution in [3.8, 4) is 0 Å². The molecule has 0 spiro atoms. The molecule has 2 rings (SSSR count). The Morgan fingerprint density at radius 3 is 2.87 bits per heavy atom. The van der Waals surface area contributed by atoms with E-state index < -0.39 is 0 Å². The summed E-state index contributed by atoms with van der Waals surface area (Å²) in [6, 6.07) is 10.0. The third-order valence-corrected chi connectivity index (χ3v) is 4.57. The summed E-state index contributed by atoms with van der Waals surface area (Å²) in [5, 5.41) is 4.14. The van der Waals surface area contributed by atoms with Gasteiger partial charge < -0.3 is 4.74 Å². The number of benzene rings is 1. The summed E-state index contributed by atoms with van der Waals surface area (Å²) in [6.07, 6.45) is 2.39. The normalized spacial score (nSPS) is 18.8. The van der Waals surface area contributed by atoms with Gasteiger partial charge in [-0.15, -0.1) is 11.8 Å². The molecule has 124 valence electrons. The van der Waals surface area contributed by atoms with Crippen molar-refractivity contribution in [3.05, 3.63) is 35.9 Å². The van der Waals surface area contributed by atoms with Gasteiger partial charge in [-0.2, -0.15) is 5.10 Å². The standard InChI is InChI=1S/C17H22N2O3S/c1-2-22-17(21)14-9-6-10-15(14)18-19-16(20)12-23-11-13-7-4-3-5-8-13/h3-5,7-8,14H,2,6,9-12H2,1H3,(H,19,20)/b18-15-/t14-/m0/s1. The number of carbonyl (C=O) groups is 2. The van der Waals surface area contributed by atoms with E-state index in [0.29, 0.717) is 12.4 Å². The molecule has 6 heteroatoms. The van der Waals surface area contributed by atoms with Crippen LogP contribution in [0.25, 0.3) is 0 Å². The Labute approximate surface area is 140 Å². The first-order chi connectivity index (χ1) is 11.2. The molecule has 1 N–H and O–H groups in total. The van der Waals surface area contributed by atoms with Crippen LogP contribution in [0.3, 0.4) is 0 Å². The van der Waals surface area contributed by atoms with Crippen molar-refractivity contribution in [3.63, 3.8) is 0 Å². The molecule has 1 aliphatic carbocycles. The fraction of sp³-hybridized carbons (Fsp3) is 0.471. The largest absolute Gasteiger partial charge is 0.465 e. The zero-order valence-corrected chi connectivity index (χ0v) is 14.1. The predicted octanol–water partition coefficient (Wildman–Crippen LogP) is 2.76. The van der Waals surface area contributed by atoms with Gasteiger partial charge in [0, 0.05) is 5.75 Å². The molecule has 1 fully saturated rings. The molecule has 0 heterocycles. The number of amides is 1. The van der Waals surface area contributed by atoms with Crippen molar-refractivity contribution in [1.29, 1.82) is 0 Å². The molecule has 0 aromatic heterocycles. The van der Waals surface area contributed by atoms with Gasteiger partial charge in [0.1, 0.15) is 0 Å². The van der Waals surface area contributed by atoms with E-state index in [0.717, 1.165) is 30.7 Å². The zero-order chi connectivity index (χ0) is 16.5. The number of hydrogen-bond donors (Lipinski definition) is 1. The number of nitrogens with one attached hydrogen (secondary N) is 1. The van der Waals surface area contributed by atoms with Crippen molar-refractivity contribution in [2.75, 3.05) is 12.4 Å². The van der Waals surface area contributed by atoms with Crippen LogP contribution >= 0.6 is 11.8 Å². The van der Waals surface area contributed by atoms with Crippen molar-refractivity contribution in [2.45, 2.75) is 31.9 Å². The number of ether oxygens (including phenoxy) is 1. The Morgan fingerprint density at radius 2 is 2.13 bits per heavy atom. The predicted molar refractivity (Wildman–Crippen MR) is 92.2 cm³/mol. The maximum absolute atomic E-state index is 11.8. The van der Waals surface area contributed by atoms with Crippen molar-refractivity contribution < 1.29 is 14.3 Å². The summed E-state index contributed by atoms with van der Waals surface area (Å²) in [4.78, 5) is 23.6. The van der Waals surface area contributed by atoms with Crippen LogP contribution in [-0.4, -0.2) is 29.9 Å². The summed E-state index contributed by atoms with van der Waals surface area (Å²) in [7, 11) is 0. The Morgan fingerprint density at radius 1 is 1.35 bits per heavy atom. The Bertz CT molecular complexity index is 560. The SMILES string of the molecule is CCOC(=O)[C@H]1CCC/C1=N/NC(=O)CSCc1ccccc1. The maximum atomic E-state index is 11.8. The minimum absolute atomic E-state index is 0.145. The van der Waals surface area contributed by atoms with Crippen LogP contribution in [0.2, 0.25) is 0 Å². The molecule has 1 atom stereocenters. The third-order valence-electron chi connectivity index (χ3n) is 3.57. The molecule has 5 nitrogen and oxygen atoms in total. The van der Waals surface area contributed by atoms with Gasteiger partial charge >= 0.3 is 5.97 Å². The highest BCUT2D eigenvalue weighted by atomic mass is 32.2. The molecular formula is C17H22N2O3S. The molecule has 0 radical (unpaired) electrons. The first-order valence-corrected chi connectivity index (χ1v) is 8.99. The fourth-order valence-electron chi connectivity index (χ4n) is 2.46. The quantitative estimate of drug-likeness (QED) is 0.615. The lowest BCUT2D eigenvalue weighted by atomic mass is 10.1. The minimum Gasteiger partial charge on any atom is -0.465 e. The Balaban J connectivity index is 1.75. The summed E-state index contributed by atoms with van der Waals surface area (Å²) in [6.45, 7) is 2.15. The number of thioether (sulfide) groups is 1. The van der Waals surface area contributed by atoms with E-state index in [1.54, 1.807) is 6.92 Å². The smallest absolute Gasteiger partial charge is 0.314 e. The van der Waals surface area contributed by atoms with E-state index in [9.17, 15) is 9.59 Å². The highest BCUT2D eigenvalue weighted by Crippen LogP contribution is 2.23. The van der Waals surface area contributed by atoms with E-state index in [1.165, 1.54) is 17.3 Å². The van der Waals surface area contributed by atoms with E-state index in [4.69, 9.17) is 4.74 Å². The monoisotopic (exact) mass is 334 g/mol. The van der Waals surface area contributed by atoms with Crippen molar-refractivity contribution >= 4 is 29.4 Å². The van der Waals surface area contributed by atoms with Gasteiger partial charge in [0.25, 0.3) is 0 Å². The third kappa shape index (κ3) is 5.71. The number of carbonyl (C=O) groups excluding carboxylic acids is 2. The zero-order valence-electron chi connectivity index (χ0n) is 13.3. The minimum atomic E-state index is -0.299. The van der Waals surface area contributed by atoms with Gasteiger partial charge in [-0.05, 0) is 31.7 Å². The average Bonchev–Trinajstić information content (AvgIpc) is 3.03. The van der Waals surface area contributed by atoms with Crippen LogP contribution in [0, 0.1) is 5.92 Å². The van der Waals surface area contributed by atoms with Crippen LogP contribution in [0.1, 0.15) is 31.7 Å². The highest BCUT2D eigenvalue weighted by molar-refractivity contribution is 7.99. The number of esters is 1. The number of nitrogens with zero attached hydrogens (tertiary/aromatic N) is 1. The van der Waals surface area contributed by atoms with Crippen LogP contribution < -0.4 is 5.43 Å². The molecule has 1 saturated carbocycles. The van der Waals surface area contributed by atoms with Gasteiger partial charge in [-0.25, -0.2) is 5.43 Å². The Kier molecular flexibility index (Phi) is 7.13. The van der Waals surface area contributed by atoms with Crippen LogP contribution in [-0.2, 0) is 20.1 Å². The summed E-state index contributed by atoms with van der Waals surface area (Å²) in [5.74, 6) is 0.447. The van der Waals surface area contributed by atoms with Gasteiger partial charge in [-0.1, -0.05) is 30.3 Å². The van der Waals surface area contributed by atoms with Crippen LogP contribution in [0.15, 0.2) is 35.4 Å². The number of hydrazone groups is 1. The van der Waals surface area contributed by atoms with Crippen molar-refractivity contribution in [1.82, 2.24) is 5.43 Å². The molecule has 0 aliphatic heterocycles. The first-order valence-electron chi connectivity index (χ1n) is 7.84. The second kappa shape index (κ2) is 9.35. The molecule has 0 unspecified atom stereocenters. The molecular weight excluding hydrogens is 312 g/mol. The van der Waals surface area contributed by atoms with Gasteiger partial charge in [0.2, 0.25) is 5.91 Å². The van der Waals surface area contributed by atoms with Gasteiger partial charge in [0.05, 0.1) is 24.0 Å². The summed E-state index contributed by atoms with van der Waals surface area (Å²) in [5.41, 5.74) is 4.47. The van der Waals surface area contributed by atoms with E-state index in [1.807, 2.05) is 30.3 Å². The second-order valence-corrected chi connectivity index (χ2v) is 6.30. The first kappa shape index (κ1) is 17.5. The van der Waals surface area contributed by atoms with Crippen LogP contribution in [0.4, 0.5) is 0 Å². The molecule has 1 amide bonds. The lowest BCUT2D eigenvalue weighted by Gasteiger charge is -2.10. The molecule has 0 bridgehead atoms. The molecule has 0 saturated heterocycles. The van der Waals surface area contributed by atoms with Gasteiger partial charge in [0.15, 0.2) is 0 Å². The number of hydrogen-bond acceptors (Lipinski definition) is 5. The molecule has 1 aromatic carbocycles. The van der Waals surface area contributed by atoms with E-state index >= 15 is 0 Å². The van der Waals surface area contributed by atoms with Crippen molar-refractivity contribution in [2.24, 2.45) is 11.0 Å². The average molecular weight is 334 g/mol. The highest BCUT2D eigenvalue weighted by Gasteiger charge is 2.30. The van der Waals surface area contributed by atoms with E-state index in [2.05, 4.69) is 10.5 Å². The van der Waals surface area contributed by atoms with E-state index in [-0.39, 0.29) is 17.8 Å². The van der Waals surface area contributed by atoms with Crippen LogP contribution in [0.5, 0.6) is 0 Å². The lowest BCUT2D eigenvalue weighted by Crippen LogP contribution is -2.26.